The van der Waals surface area contributed by atoms with Gasteiger partial charge in [0, 0.05) is 37.4 Å². The Hall–Kier alpha value is -1.73. The number of amides is 1. The van der Waals surface area contributed by atoms with Crippen molar-refractivity contribution >= 4 is 17.2 Å². The van der Waals surface area contributed by atoms with E-state index >= 15 is 0 Å². The molecule has 2 rings (SSSR count). The molecule has 0 fully saturated rings. The lowest BCUT2D eigenvalue weighted by molar-refractivity contribution is -0.132. The Kier molecular flexibility index (Phi) is 4.28. The quantitative estimate of drug-likeness (QED) is 0.879. The predicted octanol–water partition coefficient (Wildman–Crippen LogP) is 0.796. The van der Waals surface area contributed by atoms with Gasteiger partial charge in [-0.3, -0.25) is 9.48 Å². The van der Waals surface area contributed by atoms with Crippen molar-refractivity contribution in [2.45, 2.75) is 12.6 Å². The molecule has 1 atom stereocenters. The second-order valence-electron chi connectivity index (χ2n) is 4.29. The summed E-state index contributed by atoms with van der Waals surface area (Å²) in [5.41, 5.74) is 0.862. The topological polar surface area (TPSA) is 63.1 Å². The smallest absolute Gasteiger partial charge is 0.244 e. The van der Waals surface area contributed by atoms with Crippen molar-refractivity contribution in [1.29, 1.82) is 0 Å². The molecule has 0 saturated carbocycles. The summed E-state index contributed by atoms with van der Waals surface area (Å²) in [6.45, 7) is 0.523. The lowest BCUT2D eigenvalue weighted by Crippen LogP contribution is -2.37. The van der Waals surface area contributed by atoms with Gasteiger partial charge in [-0.1, -0.05) is 0 Å². The van der Waals surface area contributed by atoms with Crippen LogP contribution in [0.4, 0.5) is 0 Å². The van der Waals surface area contributed by atoms with E-state index in [0.29, 0.717) is 6.54 Å². The molecular weight excluding hydrogens is 262 g/mol. The Morgan fingerprint density at radius 3 is 2.95 bits per heavy atom. The molecule has 0 aliphatic heterocycles. The molecule has 0 saturated heterocycles. The summed E-state index contributed by atoms with van der Waals surface area (Å²) in [6.07, 6.45) is 5.29. The van der Waals surface area contributed by atoms with Crippen LogP contribution >= 0.6 is 11.3 Å². The third-order valence-electron chi connectivity index (χ3n) is 2.83. The van der Waals surface area contributed by atoms with E-state index in [0.717, 1.165) is 10.6 Å². The fourth-order valence-corrected chi connectivity index (χ4v) is 2.52. The van der Waals surface area contributed by atoms with Gasteiger partial charge in [0.1, 0.15) is 11.0 Å². The number of nitrogens with zero attached hydrogens (tertiary/aromatic N) is 4. The average molecular weight is 279 g/mol. The molecule has 2 aromatic rings. The second-order valence-corrected chi connectivity index (χ2v) is 5.27. The number of hydrogen-bond acceptors (Lipinski definition) is 5. The number of carbonyl (C=O) groups excluding carboxylic acids is 1. The number of nitrogens with one attached hydrogen (secondary N) is 1. The van der Waals surface area contributed by atoms with E-state index in [4.69, 9.17) is 0 Å². The average Bonchev–Trinajstić information content (AvgIpc) is 3.02. The summed E-state index contributed by atoms with van der Waals surface area (Å²) in [5.74, 6) is 0.00528. The first-order valence-electron chi connectivity index (χ1n) is 5.91. The van der Waals surface area contributed by atoms with Gasteiger partial charge in [0.15, 0.2) is 0 Å². The summed E-state index contributed by atoms with van der Waals surface area (Å²) in [5, 5.41) is 9.96. The number of hydrogen-bond donors (Lipinski definition) is 1. The van der Waals surface area contributed by atoms with Crippen LogP contribution in [-0.2, 0) is 18.4 Å². The van der Waals surface area contributed by atoms with Crippen molar-refractivity contribution in [3.63, 3.8) is 0 Å². The molecule has 6 nitrogen and oxygen atoms in total. The second kappa shape index (κ2) is 5.94. The van der Waals surface area contributed by atoms with Crippen LogP contribution in [0, 0.1) is 0 Å². The molecule has 1 amide bonds. The van der Waals surface area contributed by atoms with Gasteiger partial charge in [-0.25, -0.2) is 4.98 Å². The molecule has 102 valence electrons. The minimum atomic E-state index is -0.376. The van der Waals surface area contributed by atoms with Gasteiger partial charge >= 0.3 is 0 Å². The summed E-state index contributed by atoms with van der Waals surface area (Å²) in [6, 6.07) is -0.376. The number of carbonyl (C=O) groups is 1. The monoisotopic (exact) mass is 279 g/mol. The zero-order chi connectivity index (χ0) is 13.8. The molecule has 0 aliphatic rings. The highest BCUT2D eigenvalue weighted by Crippen LogP contribution is 2.16. The third kappa shape index (κ3) is 3.18. The van der Waals surface area contributed by atoms with Gasteiger partial charge in [-0.05, 0) is 7.05 Å². The highest BCUT2D eigenvalue weighted by molar-refractivity contribution is 7.09. The molecule has 1 N–H and O–H groups in total. The van der Waals surface area contributed by atoms with Crippen LogP contribution in [0.15, 0.2) is 24.0 Å². The predicted molar refractivity (Wildman–Crippen MR) is 73.6 cm³/mol. The van der Waals surface area contributed by atoms with Crippen LogP contribution < -0.4 is 5.32 Å². The normalized spacial score (nSPS) is 12.4. The van der Waals surface area contributed by atoms with Crippen molar-refractivity contribution in [2.24, 2.45) is 7.05 Å². The summed E-state index contributed by atoms with van der Waals surface area (Å²) >= 11 is 1.55. The van der Waals surface area contributed by atoms with E-state index in [1.165, 1.54) is 0 Å². The zero-order valence-corrected chi connectivity index (χ0v) is 12.0. The Labute approximate surface area is 116 Å². The maximum Gasteiger partial charge on any atom is 0.244 e. The largest absolute Gasteiger partial charge is 0.337 e. The van der Waals surface area contributed by atoms with Crippen LogP contribution in [0.3, 0.4) is 0 Å². The standard InChI is InChI=1S/C12H17N5OS/c1-13-11(9-6-15-17(3)7-9)12(18)16(2)8-10-14-4-5-19-10/h4-7,11,13H,8H2,1-3H3. The van der Waals surface area contributed by atoms with Crippen molar-refractivity contribution in [3.05, 3.63) is 34.5 Å². The van der Waals surface area contributed by atoms with E-state index in [1.54, 1.807) is 47.4 Å². The maximum atomic E-state index is 12.4. The molecule has 0 bridgehead atoms. The van der Waals surface area contributed by atoms with Gasteiger partial charge in [-0.2, -0.15) is 5.10 Å². The number of aryl methyl sites for hydroxylation is 1. The molecule has 2 heterocycles. The highest BCUT2D eigenvalue weighted by atomic mass is 32.1. The van der Waals surface area contributed by atoms with E-state index in [2.05, 4.69) is 15.4 Å². The van der Waals surface area contributed by atoms with Crippen molar-refractivity contribution < 1.29 is 4.79 Å². The minimum Gasteiger partial charge on any atom is -0.337 e. The zero-order valence-electron chi connectivity index (χ0n) is 11.2. The fourth-order valence-electron chi connectivity index (χ4n) is 1.85. The van der Waals surface area contributed by atoms with Crippen LogP contribution in [0.1, 0.15) is 16.6 Å². The summed E-state index contributed by atoms with van der Waals surface area (Å²) < 4.78 is 1.69. The molecule has 0 radical (unpaired) electrons. The summed E-state index contributed by atoms with van der Waals surface area (Å²) in [7, 11) is 5.39. The van der Waals surface area contributed by atoms with E-state index in [-0.39, 0.29) is 11.9 Å². The molecule has 1 unspecified atom stereocenters. The highest BCUT2D eigenvalue weighted by Gasteiger charge is 2.23. The van der Waals surface area contributed by atoms with E-state index in [1.807, 2.05) is 18.6 Å². The van der Waals surface area contributed by atoms with Crippen LogP contribution in [0.5, 0.6) is 0 Å². The Morgan fingerprint density at radius 2 is 2.42 bits per heavy atom. The molecule has 2 aromatic heterocycles. The number of aromatic nitrogens is 3. The molecule has 0 aliphatic carbocycles. The number of rotatable bonds is 5. The Morgan fingerprint density at radius 1 is 1.63 bits per heavy atom. The van der Waals surface area contributed by atoms with Gasteiger partial charge < -0.3 is 10.2 Å². The Balaban J connectivity index is 2.08. The van der Waals surface area contributed by atoms with Crippen LogP contribution in [0.25, 0.3) is 0 Å². The number of likely N-dealkylation sites (N-methyl/N-ethyl adjacent to an activating group) is 2. The SMILES string of the molecule is CNC(C(=O)N(C)Cc1nccs1)c1cnn(C)c1. The molecule has 0 aromatic carbocycles. The van der Waals surface area contributed by atoms with E-state index < -0.39 is 0 Å². The molecule has 7 heteroatoms. The fraction of sp³-hybridized carbons (Fsp3) is 0.417. The van der Waals surface area contributed by atoms with E-state index in [9.17, 15) is 4.79 Å². The Bertz CT molecular complexity index is 536. The van der Waals surface area contributed by atoms with Crippen molar-refractivity contribution in [1.82, 2.24) is 25.0 Å². The number of thiazole rings is 1. The van der Waals surface area contributed by atoms with Gasteiger partial charge in [0.05, 0.1) is 12.7 Å². The van der Waals surface area contributed by atoms with Crippen molar-refractivity contribution in [2.75, 3.05) is 14.1 Å². The summed E-state index contributed by atoms with van der Waals surface area (Å²) in [4.78, 5) is 18.3. The molecule has 0 spiro atoms. The first-order valence-corrected chi connectivity index (χ1v) is 6.79. The molecular formula is C12H17N5OS. The maximum absolute atomic E-state index is 12.4. The minimum absolute atomic E-state index is 0.00528. The third-order valence-corrected chi connectivity index (χ3v) is 3.59. The van der Waals surface area contributed by atoms with Crippen molar-refractivity contribution in [3.8, 4) is 0 Å². The van der Waals surface area contributed by atoms with Crippen LogP contribution in [0.2, 0.25) is 0 Å². The first-order chi connectivity index (χ1) is 9.11. The van der Waals surface area contributed by atoms with Gasteiger partial charge in [-0.15, -0.1) is 11.3 Å². The molecule has 19 heavy (non-hydrogen) atoms. The van der Waals surface area contributed by atoms with Gasteiger partial charge in [0.2, 0.25) is 5.91 Å². The van der Waals surface area contributed by atoms with Crippen LogP contribution in [-0.4, -0.2) is 39.7 Å². The lowest BCUT2D eigenvalue weighted by atomic mass is 10.1. The lowest BCUT2D eigenvalue weighted by Gasteiger charge is -2.22. The van der Waals surface area contributed by atoms with Gasteiger partial charge in [0.25, 0.3) is 0 Å². The first kappa shape index (κ1) is 13.7.